The number of phenols is 3. The fraction of sp³-hybridized carbons (Fsp3) is 0.481. The Morgan fingerprint density at radius 2 is 1.60 bits per heavy atom. The van der Waals surface area contributed by atoms with Crippen LogP contribution in [-0.4, -0.2) is 130 Å². The largest absolute Gasteiger partial charge is 0.507 e. The zero-order chi connectivity index (χ0) is 51.4. The first-order valence-electron chi connectivity index (χ1n) is 23.6. The van der Waals surface area contributed by atoms with Gasteiger partial charge in [-0.15, -0.1) is 0 Å². The summed E-state index contributed by atoms with van der Waals surface area (Å²) in [4.78, 5) is 58.3. The second-order valence-electron chi connectivity index (χ2n) is 18.7. The van der Waals surface area contributed by atoms with Gasteiger partial charge in [0.1, 0.15) is 23.4 Å². The van der Waals surface area contributed by atoms with Gasteiger partial charge in [-0.25, -0.2) is 5.43 Å². The average Bonchev–Trinajstić information content (AvgIpc) is 3.60. The van der Waals surface area contributed by atoms with Crippen molar-refractivity contribution in [1.82, 2.24) is 10.3 Å². The molecule has 70 heavy (non-hydrogen) atoms. The number of hydrogen-bond donors (Lipinski definition) is 7. The molecule has 378 valence electrons. The number of hydrogen-bond acceptors (Lipinski definition) is 16. The Morgan fingerprint density at radius 1 is 0.929 bits per heavy atom. The van der Waals surface area contributed by atoms with Crippen LogP contribution in [0, 0.1) is 30.6 Å². The van der Waals surface area contributed by atoms with Crippen LogP contribution >= 0.6 is 0 Å². The van der Waals surface area contributed by atoms with Crippen LogP contribution < -0.4 is 20.4 Å². The number of ketones is 1. The van der Waals surface area contributed by atoms with Gasteiger partial charge in [0.15, 0.2) is 5.75 Å². The summed E-state index contributed by atoms with van der Waals surface area (Å²) in [5.41, 5.74) is 3.93. The summed E-state index contributed by atoms with van der Waals surface area (Å²) in [6, 6.07) is 8.41. The van der Waals surface area contributed by atoms with E-state index in [2.05, 4.69) is 51.9 Å². The highest BCUT2D eigenvalue weighted by Crippen LogP contribution is 2.55. The number of rotatable bonds is 8. The number of fused-ring (bicyclic) bond motifs is 14. The lowest BCUT2D eigenvalue weighted by atomic mass is 9.78. The van der Waals surface area contributed by atoms with E-state index in [4.69, 9.17) is 18.9 Å². The fourth-order valence-corrected chi connectivity index (χ4v) is 9.39. The summed E-state index contributed by atoms with van der Waals surface area (Å²) in [6.45, 7) is 17.1. The minimum atomic E-state index is -2.11. The number of aryl methyl sites for hydroxylation is 1. The Morgan fingerprint density at radius 3 is 2.23 bits per heavy atom. The number of anilines is 2. The summed E-state index contributed by atoms with van der Waals surface area (Å²) in [5, 5.41) is 64.8. The molecule has 7 N–H and O–H groups in total. The van der Waals surface area contributed by atoms with E-state index in [0.29, 0.717) is 26.2 Å². The lowest BCUT2D eigenvalue weighted by Crippen LogP contribution is -2.49. The predicted molar refractivity (Wildman–Crippen MR) is 264 cm³/mol. The van der Waals surface area contributed by atoms with Crippen molar-refractivity contribution in [2.24, 2.45) is 28.8 Å². The number of esters is 1. The van der Waals surface area contributed by atoms with Crippen molar-refractivity contribution in [3.8, 4) is 23.0 Å². The number of nitrogens with zero attached hydrogens (tertiary/aromatic N) is 3. The maximum Gasteiger partial charge on any atom is 0.312 e. The minimum absolute atomic E-state index is 0.000439. The van der Waals surface area contributed by atoms with Gasteiger partial charge in [0.25, 0.3) is 17.6 Å². The number of amides is 2. The van der Waals surface area contributed by atoms with Crippen LogP contribution in [0.25, 0.3) is 10.8 Å². The van der Waals surface area contributed by atoms with E-state index in [1.165, 1.54) is 58.8 Å². The first kappa shape index (κ1) is 52.9. The number of piperazine rings is 1. The van der Waals surface area contributed by atoms with Gasteiger partial charge in [-0.1, -0.05) is 65.0 Å². The van der Waals surface area contributed by atoms with E-state index >= 15 is 0 Å². The fourth-order valence-electron chi connectivity index (χ4n) is 9.39. The van der Waals surface area contributed by atoms with Crippen LogP contribution in [0.3, 0.4) is 0 Å². The first-order valence-corrected chi connectivity index (χ1v) is 23.6. The molecule has 7 rings (SSSR count). The smallest absolute Gasteiger partial charge is 0.312 e. The molecular weight excluding hydrogens is 903 g/mol. The monoisotopic (exact) mass is 969 g/mol. The molecule has 5 bridgehead atoms. The molecule has 9 atom stereocenters. The topological polar surface area (TPSA) is 249 Å². The average molecular weight is 970 g/mol. The molecule has 2 amide bonds. The number of aromatic hydroxyl groups is 3. The van der Waals surface area contributed by atoms with Crippen LogP contribution in [-0.2, 0) is 35.0 Å². The van der Waals surface area contributed by atoms with Crippen LogP contribution in [0.15, 0.2) is 65.5 Å². The number of aliphatic hydroxyl groups excluding tert-OH is 2. The van der Waals surface area contributed by atoms with Gasteiger partial charge in [0.05, 0.1) is 59.5 Å². The number of phenolic OH excluding ortho intramolecular Hbond substituents is 3. The number of aliphatic hydroxyl groups is 2. The molecular formula is C52H67N5O13. The van der Waals surface area contributed by atoms with E-state index in [9.17, 15) is 44.7 Å². The van der Waals surface area contributed by atoms with Gasteiger partial charge in [-0.2, -0.15) is 5.10 Å². The van der Waals surface area contributed by atoms with E-state index in [1.54, 1.807) is 39.8 Å². The van der Waals surface area contributed by atoms with Gasteiger partial charge in [0.2, 0.25) is 0 Å². The predicted octanol–water partition coefficient (Wildman–Crippen LogP) is 5.59. The molecule has 1 saturated heterocycles. The number of allylic oxidation sites excluding steroid dienone is 2. The molecule has 0 saturated carbocycles. The zero-order valence-electron chi connectivity index (χ0n) is 41.5. The number of carbonyl (C=O) groups excluding carboxylic acids is 4. The molecule has 0 spiro atoms. The molecule has 0 unspecified atom stereocenters. The number of methoxy groups -OCH3 is 1. The highest BCUT2D eigenvalue weighted by molar-refractivity contribution is 6.24. The maximum atomic E-state index is 14.6. The quantitative estimate of drug-likeness (QED) is 0.0478. The Labute approximate surface area is 408 Å². The molecule has 0 aliphatic carbocycles. The molecule has 18 heteroatoms. The Hall–Kier alpha value is -6.47. The number of nitrogens with one attached hydrogen (secondary N) is 2. The SMILES string of the molecule is CCc1ccc(N2CCN(CC(=O)NN=Cc3c4c(O)c5c(O)c(C)c6c(c5c3O)C(=O)[C@@](C)(O/C=C/[C@H](OC)[C@@H](C)[C@@H](OC(C)=O)[C@H](C)[C@H](O)[C@H](C)[C@@H](O)[C@H](C)/C=C/C=C(/C)C(=O)N4)O6)CC2)cc1. The number of hydrazone groups is 1. The molecule has 3 aromatic carbocycles. The third kappa shape index (κ3) is 10.9. The summed E-state index contributed by atoms with van der Waals surface area (Å²) < 4.78 is 23.6. The Bertz CT molecular complexity index is 2580. The van der Waals surface area contributed by atoms with Gasteiger partial charge < -0.3 is 54.7 Å². The highest BCUT2D eigenvalue weighted by atomic mass is 16.7. The van der Waals surface area contributed by atoms with Gasteiger partial charge >= 0.3 is 11.8 Å². The van der Waals surface area contributed by atoms with Crippen molar-refractivity contribution in [1.29, 1.82) is 0 Å². The molecule has 4 aliphatic heterocycles. The van der Waals surface area contributed by atoms with Crippen LogP contribution in [0.5, 0.6) is 23.0 Å². The van der Waals surface area contributed by atoms with Gasteiger partial charge in [-0.3, -0.25) is 24.1 Å². The third-order valence-corrected chi connectivity index (χ3v) is 13.9. The van der Waals surface area contributed by atoms with Gasteiger partial charge in [0, 0.05) is 93.0 Å². The first-order chi connectivity index (χ1) is 33.1. The summed E-state index contributed by atoms with van der Waals surface area (Å²) >= 11 is 0. The normalized spacial score (nSPS) is 28.7. The second-order valence-corrected chi connectivity index (χ2v) is 18.7. The van der Waals surface area contributed by atoms with E-state index in [0.717, 1.165) is 18.3 Å². The molecule has 3 aromatic rings. The number of benzene rings is 3. The van der Waals surface area contributed by atoms with Crippen LogP contribution in [0.1, 0.15) is 82.4 Å². The Balaban J connectivity index is 1.38. The Kier molecular flexibility index (Phi) is 16.7. The molecule has 18 nitrogen and oxygen atoms in total. The van der Waals surface area contributed by atoms with E-state index < -0.39 is 106 Å². The van der Waals surface area contributed by atoms with Crippen LogP contribution in [0.2, 0.25) is 0 Å². The van der Waals surface area contributed by atoms with Crippen molar-refractivity contribution in [3.63, 3.8) is 0 Å². The van der Waals surface area contributed by atoms with Crippen molar-refractivity contribution in [2.75, 3.05) is 50.1 Å². The standard InChI is InChI=1S/C52H67N5O13/c1-11-34-15-17-35(18-16-34)57-22-20-56(21-23-57)26-38(59)55-53-25-36-42-47(64)40-39(46(36)63)41-49(32(7)45(40)62)70-52(9,50(41)65)68-24-19-37(67-10)29(4)48(69-33(8)58)31(6)44(61)30(5)43(60)27(2)13-12-14-28(3)51(66)54-42/h12-19,24-25,27,29-31,37,43-44,48,60-64H,11,20-23,26H2,1-10H3,(H,54,66)(H,55,59)/b13-12+,24-19+,28-14-,53-25?/t27-,29-,30-,31-,37+,43+,44-,48-,52+/m1/s1. The van der Waals surface area contributed by atoms with Crippen molar-refractivity contribution >= 4 is 51.9 Å². The molecule has 0 aromatic heterocycles. The summed E-state index contributed by atoms with van der Waals surface area (Å²) in [5.74, 6) is -9.58. The molecule has 0 radical (unpaired) electrons. The summed E-state index contributed by atoms with van der Waals surface area (Å²) in [6.07, 6.45) is 5.23. The zero-order valence-corrected chi connectivity index (χ0v) is 41.5. The lowest BCUT2D eigenvalue weighted by Gasteiger charge is -2.38. The van der Waals surface area contributed by atoms with E-state index in [1.807, 2.05) is 4.90 Å². The molecule has 4 aliphatic rings. The second kappa shape index (κ2) is 22.1. The number of Topliss-reactive ketones (excluding diaryl/α,β-unsaturated/α-hetero) is 1. The number of ether oxygens (including phenoxy) is 4. The van der Waals surface area contributed by atoms with Crippen molar-refractivity contribution in [2.45, 2.75) is 98.9 Å². The third-order valence-electron chi connectivity index (χ3n) is 13.9. The number of carbonyl (C=O) groups is 4. The van der Waals surface area contributed by atoms with E-state index in [-0.39, 0.29) is 39.9 Å². The molecule has 1 fully saturated rings. The van der Waals surface area contributed by atoms with Crippen LogP contribution in [0.4, 0.5) is 11.4 Å². The molecule has 4 heterocycles. The maximum absolute atomic E-state index is 14.6. The highest BCUT2D eigenvalue weighted by Gasteiger charge is 2.50. The summed E-state index contributed by atoms with van der Waals surface area (Å²) in [7, 11) is 1.42. The van der Waals surface area contributed by atoms with Crippen molar-refractivity contribution < 1.29 is 63.7 Å². The lowest BCUT2D eigenvalue weighted by molar-refractivity contribution is -0.160. The minimum Gasteiger partial charge on any atom is -0.507 e. The van der Waals surface area contributed by atoms with Gasteiger partial charge in [-0.05, 0) is 44.0 Å². The van der Waals surface area contributed by atoms with Crippen molar-refractivity contribution in [3.05, 3.63) is 82.7 Å².